The minimum absolute atomic E-state index is 0.0376. The smallest absolute Gasteiger partial charge is 0.380 e. The zero-order valence-electron chi connectivity index (χ0n) is 19.3. The molecule has 1 atom stereocenters. The van der Waals surface area contributed by atoms with Crippen molar-refractivity contribution in [3.05, 3.63) is 58.7 Å². The summed E-state index contributed by atoms with van der Waals surface area (Å²) in [6.45, 7) is 8.10. The third-order valence-corrected chi connectivity index (χ3v) is 7.01. The number of aromatic nitrogens is 1. The minimum Gasteiger partial charge on any atom is -0.380 e. The van der Waals surface area contributed by atoms with Crippen molar-refractivity contribution in [1.82, 2.24) is 9.88 Å². The Labute approximate surface area is 201 Å². The molecule has 0 aliphatic carbocycles. The molecule has 1 fully saturated rings. The number of benzene rings is 2. The van der Waals surface area contributed by atoms with Gasteiger partial charge in [-0.1, -0.05) is 35.1 Å². The first-order valence-electron chi connectivity index (χ1n) is 11.3. The Morgan fingerprint density at radius 1 is 1.18 bits per heavy atom. The molecule has 2 aromatic carbocycles. The second-order valence-corrected chi connectivity index (χ2v) is 9.63. The Kier molecular flexibility index (Phi) is 7.54. The molecule has 5 nitrogen and oxygen atoms in total. The van der Waals surface area contributed by atoms with E-state index in [4.69, 9.17) is 4.74 Å². The normalized spacial score (nSPS) is 17.4. The molecule has 1 aromatic heterocycles. The third kappa shape index (κ3) is 5.76. The van der Waals surface area contributed by atoms with Gasteiger partial charge in [-0.3, -0.25) is 4.90 Å². The monoisotopic (exact) mass is 491 g/mol. The molecule has 0 N–H and O–H groups in total. The largest absolute Gasteiger partial charge is 0.416 e. The molecular weight excluding hydrogens is 463 g/mol. The lowest BCUT2D eigenvalue weighted by Crippen LogP contribution is -2.54. The van der Waals surface area contributed by atoms with Crippen LogP contribution in [0, 0.1) is 6.92 Å². The van der Waals surface area contributed by atoms with Crippen molar-refractivity contribution in [2.75, 3.05) is 37.7 Å². The zero-order chi connectivity index (χ0) is 24.3. The number of thiazole rings is 1. The van der Waals surface area contributed by atoms with Crippen molar-refractivity contribution in [1.29, 1.82) is 0 Å². The van der Waals surface area contributed by atoms with E-state index in [0.717, 1.165) is 48.2 Å². The van der Waals surface area contributed by atoms with Gasteiger partial charge in [-0.2, -0.15) is 13.2 Å². The fourth-order valence-electron chi connectivity index (χ4n) is 4.43. The first kappa shape index (κ1) is 24.6. The highest BCUT2D eigenvalue weighted by Crippen LogP contribution is 2.36. The molecule has 0 spiro atoms. The number of hydrogen-bond acceptors (Lipinski definition) is 6. The number of alkyl halides is 3. The maximum absolute atomic E-state index is 13.1. The van der Waals surface area contributed by atoms with Gasteiger partial charge in [-0.25, -0.2) is 4.98 Å². The summed E-state index contributed by atoms with van der Waals surface area (Å²) in [6.07, 6.45) is -3.04. The Bertz CT molecular complexity index is 1150. The number of carbonyl (C=O) groups is 1. The van der Waals surface area contributed by atoms with Gasteiger partial charge in [0.15, 0.2) is 5.13 Å². The minimum atomic E-state index is -4.37. The number of hydrogen-bond donors (Lipinski definition) is 0. The van der Waals surface area contributed by atoms with Crippen LogP contribution < -0.4 is 4.90 Å². The van der Waals surface area contributed by atoms with Crippen molar-refractivity contribution in [3.8, 4) is 0 Å². The quantitative estimate of drug-likeness (QED) is 0.411. The SMILES string of the molecule is CCOC[C@@H]1CN(Cc2cc(C)cc(CC=O)c2)CCN1c1nc2ccc(C(F)(F)F)cc2s1. The van der Waals surface area contributed by atoms with E-state index in [2.05, 4.69) is 26.9 Å². The molecule has 1 saturated heterocycles. The highest BCUT2D eigenvalue weighted by molar-refractivity contribution is 7.22. The second kappa shape index (κ2) is 10.4. The lowest BCUT2D eigenvalue weighted by atomic mass is 10.0. The number of fused-ring (bicyclic) bond motifs is 1. The van der Waals surface area contributed by atoms with Gasteiger partial charge in [0.25, 0.3) is 0 Å². The lowest BCUT2D eigenvalue weighted by molar-refractivity contribution is -0.137. The maximum Gasteiger partial charge on any atom is 0.416 e. The van der Waals surface area contributed by atoms with Crippen LogP contribution in [-0.4, -0.2) is 55.1 Å². The van der Waals surface area contributed by atoms with Gasteiger partial charge >= 0.3 is 6.18 Å². The van der Waals surface area contributed by atoms with Gasteiger partial charge < -0.3 is 14.4 Å². The summed E-state index contributed by atoms with van der Waals surface area (Å²) in [5.74, 6) is 0. The van der Waals surface area contributed by atoms with Gasteiger partial charge in [-0.15, -0.1) is 0 Å². The molecule has 9 heteroatoms. The molecule has 0 amide bonds. The summed E-state index contributed by atoms with van der Waals surface area (Å²) < 4.78 is 45.7. The number of aldehydes is 1. The van der Waals surface area contributed by atoms with Crippen LogP contribution in [0.25, 0.3) is 10.2 Å². The topological polar surface area (TPSA) is 45.7 Å². The average Bonchev–Trinajstić information content (AvgIpc) is 3.20. The molecule has 1 aliphatic rings. The molecule has 0 saturated carbocycles. The first-order chi connectivity index (χ1) is 16.3. The number of rotatable bonds is 8. The van der Waals surface area contributed by atoms with E-state index < -0.39 is 11.7 Å². The summed E-state index contributed by atoms with van der Waals surface area (Å²) in [4.78, 5) is 20.1. The van der Waals surface area contributed by atoms with Crippen LogP contribution in [0.15, 0.2) is 36.4 Å². The number of ether oxygens (including phenoxy) is 1. The van der Waals surface area contributed by atoms with Crippen LogP contribution in [-0.2, 0) is 28.7 Å². The molecule has 1 aliphatic heterocycles. The number of anilines is 1. The molecule has 4 rings (SSSR count). The second-order valence-electron chi connectivity index (χ2n) is 8.62. The number of halogens is 3. The van der Waals surface area contributed by atoms with Crippen LogP contribution in [0.3, 0.4) is 0 Å². The van der Waals surface area contributed by atoms with E-state index in [1.54, 1.807) is 0 Å². The van der Waals surface area contributed by atoms with Crippen LogP contribution in [0.1, 0.15) is 29.2 Å². The maximum atomic E-state index is 13.1. The van der Waals surface area contributed by atoms with E-state index >= 15 is 0 Å². The Hall–Kier alpha value is -2.49. The van der Waals surface area contributed by atoms with Crippen molar-refractivity contribution < 1.29 is 22.7 Å². The summed E-state index contributed by atoms with van der Waals surface area (Å²) in [6, 6.07) is 10.0. The Morgan fingerprint density at radius 3 is 2.71 bits per heavy atom. The standard InChI is InChI=1S/C25H28F3N3O2S/c1-3-33-16-21-15-30(14-19-11-17(2)10-18(12-19)6-9-32)7-8-31(21)24-29-22-5-4-20(25(26,27)28)13-23(22)34-24/h4-5,9-13,21H,3,6-8,14-16H2,1-2H3/t21-/m0/s1. The van der Waals surface area contributed by atoms with Gasteiger partial charge in [0, 0.05) is 39.2 Å². The van der Waals surface area contributed by atoms with Gasteiger partial charge in [0.05, 0.1) is 28.4 Å². The fourth-order valence-corrected chi connectivity index (χ4v) is 5.54. The Morgan fingerprint density at radius 2 is 1.97 bits per heavy atom. The van der Waals surface area contributed by atoms with E-state index in [1.807, 2.05) is 19.9 Å². The number of piperazine rings is 1. The van der Waals surface area contributed by atoms with Gasteiger partial charge in [0.1, 0.15) is 6.29 Å². The summed E-state index contributed by atoms with van der Waals surface area (Å²) in [5.41, 5.74) is 3.24. The number of nitrogens with zero attached hydrogens (tertiary/aromatic N) is 3. The average molecular weight is 492 g/mol. The predicted octanol–water partition coefficient (Wildman–Crippen LogP) is 5.09. The van der Waals surface area contributed by atoms with E-state index in [1.165, 1.54) is 29.0 Å². The van der Waals surface area contributed by atoms with Gasteiger partial charge in [0.2, 0.25) is 0 Å². The van der Waals surface area contributed by atoms with Crippen molar-refractivity contribution >= 4 is 33.0 Å². The van der Waals surface area contributed by atoms with Crippen molar-refractivity contribution in [3.63, 3.8) is 0 Å². The first-order valence-corrected chi connectivity index (χ1v) is 12.2. The molecule has 0 unspecified atom stereocenters. The molecule has 0 bridgehead atoms. The van der Waals surface area contributed by atoms with Crippen molar-refractivity contribution in [2.45, 2.75) is 39.0 Å². The molecule has 182 valence electrons. The summed E-state index contributed by atoms with van der Waals surface area (Å²) in [5, 5.41) is 0.725. The Balaban J connectivity index is 1.53. The molecule has 2 heterocycles. The summed E-state index contributed by atoms with van der Waals surface area (Å²) in [7, 11) is 0. The van der Waals surface area contributed by atoms with Crippen LogP contribution in [0.5, 0.6) is 0 Å². The lowest BCUT2D eigenvalue weighted by Gasteiger charge is -2.41. The van der Waals surface area contributed by atoms with Crippen molar-refractivity contribution in [2.24, 2.45) is 0 Å². The number of carbonyl (C=O) groups excluding carboxylic acids is 1. The highest BCUT2D eigenvalue weighted by atomic mass is 32.1. The zero-order valence-corrected chi connectivity index (χ0v) is 20.1. The van der Waals surface area contributed by atoms with Gasteiger partial charge in [-0.05, 0) is 43.2 Å². The molecule has 3 aromatic rings. The van der Waals surface area contributed by atoms with E-state index in [-0.39, 0.29) is 6.04 Å². The third-order valence-electron chi connectivity index (χ3n) is 5.95. The number of aryl methyl sites for hydroxylation is 1. The summed E-state index contributed by atoms with van der Waals surface area (Å²) >= 11 is 1.29. The van der Waals surface area contributed by atoms with E-state index in [0.29, 0.717) is 36.4 Å². The van der Waals surface area contributed by atoms with E-state index in [9.17, 15) is 18.0 Å². The fraction of sp³-hybridized carbons (Fsp3) is 0.440. The molecular formula is C25H28F3N3O2S. The van der Waals surface area contributed by atoms with Crippen LogP contribution >= 0.6 is 11.3 Å². The molecule has 34 heavy (non-hydrogen) atoms. The highest BCUT2D eigenvalue weighted by Gasteiger charge is 2.32. The van der Waals surface area contributed by atoms with Crippen LogP contribution in [0.2, 0.25) is 0 Å². The van der Waals surface area contributed by atoms with Crippen LogP contribution in [0.4, 0.5) is 18.3 Å². The molecule has 0 radical (unpaired) electrons. The predicted molar refractivity (Wildman–Crippen MR) is 128 cm³/mol.